The van der Waals surface area contributed by atoms with Crippen LogP contribution in [-0.4, -0.2) is 66.7 Å². The molecule has 0 spiro atoms. The van der Waals surface area contributed by atoms with Crippen LogP contribution in [0.4, 0.5) is 27.6 Å². The third-order valence-electron chi connectivity index (χ3n) is 8.09. The molecule has 1 aromatic carbocycles. The number of pyridine rings is 2. The van der Waals surface area contributed by atoms with Crippen LogP contribution >= 0.6 is 0 Å². The van der Waals surface area contributed by atoms with Crippen molar-refractivity contribution >= 4 is 11.6 Å². The van der Waals surface area contributed by atoms with Crippen molar-refractivity contribution in [3.8, 4) is 17.1 Å². The van der Waals surface area contributed by atoms with Gasteiger partial charge in [-0.05, 0) is 81.7 Å². The van der Waals surface area contributed by atoms with Gasteiger partial charge < -0.3 is 19.9 Å². The van der Waals surface area contributed by atoms with Crippen molar-refractivity contribution in [3.63, 3.8) is 0 Å². The maximum atomic E-state index is 15.7. The lowest BCUT2D eigenvalue weighted by molar-refractivity contribution is -0.137. The van der Waals surface area contributed by atoms with Crippen LogP contribution in [-0.2, 0) is 16.4 Å². The average molecular weight is 590 g/mol. The van der Waals surface area contributed by atoms with Gasteiger partial charge in [0.2, 0.25) is 11.8 Å². The monoisotopic (exact) mass is 589 g/mol. The standard InChI is InChI=1S/C30H32F5N5O2/c1-3-42-27-22(5-4-11-36-27)26-24(32)16-20(17-37-26)29(28(41)38-21-8-12-39(2)18-21)9-13-40(14-10-29)25-7-6-19(15-23(25)31)30(33,34)35/h4-7,11,15-17,21H,3,8-10,12-14,18H2,1-2H3,(H,38,41)/t21-/m0/s1. The number of alkyl halides is 3. The molecule has 2 fully saturated rings. The Morgan fingerprint density at radius 2 is 1.86 bits per heavy atom. The van der Waals surface area contributed by atoms with Crippen LogP contribution in [0, 0.1) is 11.6 Å². The lowest BCUT2D eigenvalue weighted by atomic mass is 9.72. The lowest BCUT2D eigenvalue weighted by Crippen LogP contribution is -2.54. The molecule has 2 aliphatic heterocycles. The zero-order chi connectivity index (χ0) is 30.1. The lowest BCUT2D eigenvalue weighted by Gasteiger charge is -2.42. The first-order chi connectivity index (χ1) is 20.0. The molecule has 12 heteroatoms. The molecular formula is C30H32F5N5O2. The van der Waals surface area contributed by atoms with Gasteiger partial charge in [-0.2, -0.15) is 13.2 Å². The van der Waals surface area contributed by atoms with Crippen molar-refractivity contribution < 1.29 is 31.5 Å². The predicted molar refractivity (Wildman–Crippen MR) is 147 cm³/mol. The third kappa shape index (κ3) is 5.90. The number of carbonyl (C=O) groups is 1. The van der Waals surface area contributed by atoms with Gasteiger partial charge in [0.15, 0.2) is 0 Å². The maximum absolute atomic E-state index is 15.7. The van der Waals surface area contributed by atoms with Crippen LogP contribution in [0.1, 0.15) is 37.3 Å². The summed E-state index contributed by atoms with van der Waals surface area (Å²) in [5.74, 6) is -1.68. The molecule has 0 aliphatic carbocycles. The highest BCUT2D eigenvalue weighted by molar-refractivity contribution is 5.89. The van der Waals surface area contributed by atoms with Crippen molar-refractivity contribution in [1.82, 2.24) is 20.2 Å². The number of anilines is 1. The highest BCUT2D eigenvalue weighted by Gasteiger charge is 2.45. The normalized spacial score (nSPS) is 19.1. The summed E-state index contributed by atoms with van der Waals surface area (Å²) < 4.78 is 75.2. The van der Waals surface area contributed by atoms with Crippen molar-refractivity contribution in [3.05, 3.63) is 71.6 Å². The first-order valence-corrected chi connectivity index (χ1v) is 13.9. The summed E-state index contributed by atoms with van der Waals surface area (Å²) in [7, 11) is 1.96. The Morgan fingerprint density at radius 3 is 2.48 bits per heavy atom. The molecule has 5 rings (SSSR count). The van der Waals surface area contributed by atoms with Gasteiger partial charge in [0.05, 0.1) is 28.8 Å². The molecule has 7 nitrogen and oxygen atoms in total. The number of nitrogens with zero attached hydrogens (tertiary/aromatic N) is 4. The van der Waals surface area contributed by atoms with Gasteiger partial charge in [0.1, 0.15) is 17.3 Å². The fourth-order valence-electron chi connectivity index (χ4n) is 5.81. The predicted octanol–water partition coefficient (Wildman–Crippen LogP) is 5.20. The van der Waals surface area contributed by atoms with Crippen molar-refractivity contribution in [2.24, 2.45) is 0 Å². The van der Waals surface area contributed by atoms with E-state index in [1.165, 1.54) is 18.5 Å². The second-order valence-electron chi connectivity index (χ2n) is 10.8. The second-order valence-corrected chi connectivity index (χ2v) is 10.8. The Kier molecular flexibility index (Phi) is 8.36. The SMILES string of the molecule is CCOc1ncccc1-c1ncc(C2(C(=O)N[C@H]3CCN(C)C3)CCN(c3ccc(C(F)(F)F)cc3F)CC2)cc1F. The minimum absolute atomic E-state index is 0.0223. The van der Waals surface area contributed by atoms with E-state index < -0.39 is 28.8 Å². The van der Waals surface area contributed by atoms with Crippen LogP contribution in [0.5, 0.6) is 5.88 Å². The summed E-state index contributed by atoms with van der Waals surface area (Å²) in [6.07, 6.45) is -0.512. The van der Waals surface area contributed by atoms with E-state index >= 15 is 4.39 Å². The van der Waals surface area contributed by atoms with Gasteiger partial charge in [0, 0.05) is 38.1 Å². The number of ether oxygens (including phenoxy) is 1. The van der Waals surface area contributed by atoms with E-state index in [-0.39, 0.29) is 55.1 Å². The average Bonchev–Trinajstić information content (AvgIpc) is 3.37. The number of likely N-dealkylation sites (tertiary alicyclic amines) is 1. The largest absolute Gasteiger partial charge is 0.477 e. The fourth-order valence-corrected chi connectivity index (χ4v) is 5.81. The van der Waals surface area contributed by atoms with Gasteiger partial charge in [0.25, 0.3) is 0 Å². The molecule has 2 aliphatic rings. The number of piperidine rings is 1. The molecule has 1 atom stereocenters. The number of benzene rings is 1. The van der Waals surface area contributed by atoms with Crippen LogP contribution in [0.2, 0.25) is 0 Å². The minimum Gasteiger partial charge on any atom is -0.477 e. The van der Waals surface area contributed by atoms with E-state index in [1.807, 2.05) is 7.05 Å². The summed E-state index contributed by atoms with van der Waals surface area (Å²) in [4.78, 5) is 26.2. The Hall–Kier alpha value is -3.80. The van der Waals surface area contributed by atoms with E-state index in [0.29, 0.717) is 30.3 Å². The number of likely N-dealkylation sites (N-methyl/N-ethyl adjacent to an activating group) is 1. The zero-order valence-electron chi connectivity index (χ0n) is 23.3. The molecule has 2 saturated heterocycles. The Labute approximate surface area is 240 Å². The fraction of sp³-hybridized carbons (Fsp3) is 0.433. The number of hydrogen-bond donors (Lipinski definition) is 1. The van der Waals surface area contributed by atoms with Crippen molar-refractivity contribution in [2.75, 3.05) is 44.7 Å². The first-order valence-electron chi connectivity index (χ1n) is 13.9. The number of aromatic nitrogens is 2. The highest BCUT2D eigenvalue weighted by Crippen LogP contribution is 2.40. The van der Waals surface area contributed by atoms with Gasteiger partial charge in [-0.15, -0.1) is 0 Å². The molecule has 0 radical (unpaired) electrons. The summed E-state index contributed by atoms with van der Waals surface area (Å²) in [5.41, 5.74) is -1.43. The molecule has 0 unspecified atom stereocenters. The summed E-state index contributed by atoms with van der Waals surface area (Å²) >= 11 is 0. The van der Waals surface area contributed by atoms with E-state index in [2.05, 4.69) is 20.2 Å². The Bertz CT molecular complexity index is 1440. The van der Waals surface area contributed by atoms with Gasteiger partial charge in [-0.3, -0.25) is 9.78 Å². The van der Waals surface area contributed by atoms with Crippen LogP contribution in [0.3, 0.4) is 0 Å². The molecule has 1 N–H and O–H groups in total. The second kappa shape index (κ2) is 11.8. The van der Waals surface area contributed by atoms with Crippen LogP contribution < -0.4 is 15.0 Å². The van der Waals surface area contributed by atoms with Crippen LogP contribution in [0.15, 0.2) is 48.8 Å². The Morgan fingerprint density at radius 1 is 1.10 bits per heavy atom. The number of nitrogens with one attached hydrogen (secondary N) is 1. The molecule has 224 valence electrons. The van der Waals surface area contributed by atoms with E-state index in [9.17, 15) is 22.4 Å². The van der Waals surface area contributed by atoms with Gasteiger partial charge in [-0.25, -0.2) is 13.8 Å². The smallest absolute Gasteiger partial charge is 0.416 e. The summed E-state index contributed by atoms with van der Waals surface area (Å²) in [5, 5.41) is 3.12. The van der Waals surface area contributed by atoms with Crippen molar-refractivity contribution in [2.45, 2.75) is 43.8 Å². The molecule has 42 heavy (non-hydrogen) atoms. The zero-order valence-corrected chi connectivity index (χ0v) is 23.3. The van der Waals surface area contributed by atoms with Gasteiger partial charge in [-0.1, -0.05) is 0 Å². The van der Waals surface area contributed by atoms with E-state index in [0.717, 1.165) is 25.1 Å². The molecule has 0 saturated carbocycles. The first kappa shape index (κ1) is 29.7. The molecular weight excluding hydrogens is 557 g/mol. The molecule has 1 amide bonds. The number of carbonyl (C=O) groups excluding carboxylic acids is 1. The maximum Gasteiger partial charge on any atom is 0.416 e. The molecule has 3 aromatic rings. The van der Waals surface area contributed by atoms with Crippen LogP contribution in [0.25, 0.3) is 11.3 Å². The quantitative estimate of drug-likeness (QED) is 0.383. The number of hydrogen-bond acceptors (Lipinski definition) is 6. The molecule has 0 bridgehead atoms. The summed E-state index contributed by atoms with van der Waals surface area (Å²) in [6.45, 7) is 3.97. The Balaban J connectivity index is 1.45. The minimum atomic E-state index is -4.66. The van der Waals surface area contributed by atoms with E-state index in [4.69, 9.17) is 4.74 Å². The number of amides is 1. The summed E-state index contributed by atoms with van der Waals surface area (Å²) in [6, 6.07) is 6.96. The number of rotatable bonds is 7. The molecule has 4 heterocycles. The third-order valence-corrected chi connectivity index (χ3v) is 8.09. The molecule has 2 aromatic heterocycles. The van der Waals surface area contributed by atoms with Crippen molar-refractivity contribution in [1.29, 1.82) is 0 Å². The van der Waals surface area contributed by atoms with Gasteiger partial charge >= 0.3 is 6.18 Å². The highest BCUT2D eigenvalue weighted by atomic mass is 19.4. The van der Waals surface area contributed by atoms with E-state index in [1.54, 1.807) is 24.0 Å². The topological polar surface area (TPSA) is 70.6 Å². The number of halogens is 5.